The molecule has 0 aromatic heterocycles. The predicted octanol–water partition coefficient (Wildman–Crippen LogP) is 2.75. The van der Waals surface area contributed by atoms with E-state index in [1.807, 2.05) is 30.3 Å². The highest BCUT2D eigenvalue weighted by atomic mass is 79.9. The number of carbonyl (C=O) groups is 2. The van der Waals surface area contributed by atoms with Crippen LogP contribution < -0.4 is 4.90 Å². The first-order valence-corrected chi connectivity index (χ1v) is 8.21. The van der Waals surface area contributed by atoms with Crippen LogP contribution in [0.4, 0.5) is 5.69 Å². The highest BCUT2D eigenvalue weighted by molar-refractivity contribution is 9.10. The number of ether oxygens (including phenoxy) is 1. The molecule has 0 aliphatic carbocycles. The molecule has 1 N–H and O–H groups in total. The standard InChI is InChI=1S/C18H16BrNO4/c1-24-15(21)10-18(23)13-8-5-9-14(19)16(13)20(17(18)22)11-12-6-3-2-4-7-12/h2-9,23H,10-11H2,1H3/t18-/m1/s1. The molecule has 0 unspecified atom stereocenters. The molecule has 0 saturated heterocycles. The number of aliphatic hydroxyl groups is 1. The van der Waals surface area contributed by atoms with Crippen LogP contribution in [-0.4, -0.2) is 24.1 Å². The van der Waals surface area contributed by atoms with E-state index < -0.39 is 23.9 Å². The lowest BCUT2D eigenvalue weighted by atomic mass is 9.92. The van der Waals surface area contributed by atoms with Crippen molar-refractivity contribution in [1.82, 2.24) is 0 Å². The van der Waals surface area contributed by atoms with Gasteiger partial charge in [-0.2, -0.15) is 0 Å². The minimum absolute atomic E-state index is 0.304. The first-order chi connectivity index (χ1) is 11.5. The van der Waals surface area contributed by atoms with Crippen LogP contribution in [0.5, 0.6) is 0 Å². The maximum absolute atomic E-state index is 12.9. The number of anilines is 1. The number of para-hydroxylation sites is 1. The van der Waals surface area contributed by atoms with E-state index in [1.54, 1.807) is 18.2 Å². The van der Waals surface area contributed by atoms with E-state index in [0.717, 1.165) is 5.56 Å². The zero-order chi connectivity index (χ0) is 17.3. The summed E-state index contributed by atoms with van der Waals surface area (Å²) in [7, 11) is 1.23. The molecule has 0 radical (unpaired) electrons. The molecule has 6 heteroatoms. The Morgan fingerprint density at radius 3 is 2.58 bits per heavy atom. The van der Waals surface area contributed by atoms with Crippen molar-refractivity contribution in [1.29, 1.82) is 0 Å². The van der Waals surface area contributed by atoms with Gasteiger partial charge in [-0.15, -0.1) is 0 Å². The van der Waals surface area contributed by atoms with E-state index in [4.69, 9.17) is 0 Å². The first-order valence-electron chi connectivity index (χ1n) is 7.41. The Hall–Kier alpha value is -2.18. The SMILES string of the molecule is COC(=O)C[C@]1(O)C(=O)N(Cc2ccccc2)c2c(Br)cccc21. The Morgan fingerprint density at radius 2 is 1.92 bits per heavy atom. The fraction of sp³-hybridized carbons (Fsp3) is 0.222. The number of esters is 1. The Kier molecular flexibility index (Phi) is 4.43. The van der Waals surface area contributed by atoms with Crippen molar-refractivity contribution in [2.75, 3.05) is 12.0 Å². The molecule has 1 amide bonds. The van der Waals surface area contributed by atoms with Gasteiger partial charge in [0.2, 0.25) is 0 Å². The number of carbonyl (C=O) groups excluding carboxylic acids is 2. The van der Waals surface area contributed by atoms with Crippen LogP contribution in [0.25, 0.3) is 0 Å². The molecule has 1 aliphatic rings. The third-order valence-corrected chi connectivity index (χ3v) is 4.75. The molecule has 1 heterocycles. The number of methoxy groups -OCH3 is 1. The highest BCUT2D eigenvalue weighted by Crippen LogP contribution is 2.46. The third-order valence-electron chi connectivity index (χ3n) is 4.11. The molecule has 124 valence electrons. The normalized spacial score (nSPS) is 19.3. The van der Waals surface area contributed by atoms with E-state index in [9.17, 15) is 14.7 Å². The smallest absolute Gasteiger partial charge is 0.309 e. The van der Waals surface area contributed by atoms with Gasteiger partial charge in [0.25, 0.3) is 5.91 Å². The van der Waals surface area contributed by atoms with Crippen molar-refractivity contribution in [2.45, 2.75) is 18.6 Å². The fourth-order valence-corrected chi connectivity index (χ4v) is 3.51. The first kappa shape index (κ1) is 16.7. The molecule has 1 atom stereocenters. The molecule has 2 aromatic rings. The summed E-state index contributed by atoms with van der Waals surface area (Å²) < 4.78 is 5.33. The van der Waals surface area contributed by atoms with Gasteiger partial charge < -0.3 is 14.7 Å². The largest absolute Gasteiger partial charge is 0.469 e. The number of nitrogens with zero attached hydrogens (tertiary/aromatic N) is 1. The highest BCUT2D eigenvalue weighted by Gasteiger charge is 2.51. The van der Waals surface area contributed by atoms with E-state index in [2.05, 4.69) is 20.7 Å². The monoisotopic (exact) mass is 389 g/mol. The van der Waals surface area contributed by atoms with Crippen molar-refractivity contribution in [3.63, 3.8) is 0 Å². The van der Waals surface area contributed by atoms with Crippen molar-refractivity contribution in [2.24, 2.45) is 0 Å². The lowest BCUT2D eigenvalue weighted by Gasteiger charge is -2.22. The summed E-state index contributed by atoms with van der Waals surface area (Å²) in [6.07, 6.45) is -0.420. The maximum Gasteiger partial charge on any atom is 0.309 e. The lowest BCUT2D eigenvalue weighted by molar-refractivity contribution is -0.153. The van der Waals surface area contributed by atoms with E-state index in [-0.39, 0.29) is 0 Å². The van der Waals surface area contributed by atoms with Crippen LogP contribution in [0.3, 0.4) is 0 Å². The molecule has 0 fully saturated rings. The van der Waals surface area contributed by atoms with Gasteiger partial charge >= 0.3 is 5.97 Å². The van der Waals surface area contributed by atoms with Crippen molar-refractivity contribution in [3.8, 4) is 0 Å². The van der Waals surface area contributed by atoms with E-state index >= 15 is 0 Å². The molecular weight excluding hydrogens is 374 g/mol. The van der Waals surface area contributed by atoms with Crippen LogP contribution in [0.1, 0.15) is 17.5 Å². The number of hydrogen-bond donors (Lipinski definition) is 1. The molecular formula is C18H16BrNO4. The quantitative estimate of drug-likeness (QED) is 0.816. The molecule has 5 nitrogen and oxygen atoms in total. The molecule has 0 saturated carbocycles. The summed E-state index contributed by atoms with van der Waals surface area (Å²) in [5.74, 6) is -1.17. The second-order valence-electron chi connectivity index (χ2n) is 5.63. The summed E-state index contributed by atoms with van der Waals surface area (Å²) in [5.41, 5.74) is -0.00288. The van der Waals surface area contributed by atoms with E-state index in [1.165, 1.54) is 12.0 Å². The molecule has 0 spiro atoms. The Balaban J connectivity index is 2.06. The molecule has 0 bridgehead atoms. The van der Waals surface area contributed by atoms with Crippen molar-refractivity contribution >= 4 is 33.5 Å². The maximum atomic E-state index is 12.9. The molecule has 3 rings (SSSR count). The van der Waals surface area contributed by atoms with Crippen LogP contribution in [0.2, 0.25) is 0 Å². The average Bonchev–Trinajstić information content (AvgIpc) is 2.79. The van der Waals surface area contributed by atoms with Gasteiger partial charge in [0, 0.05) is 10.0 Å². The average molecular weight is 390 g/mol. The molecule has 1 aliphatic heterocycles. The van der Waals surface area contributed by atoms with Crippen LogP contribution >= 0.6 is 15.9 Å². The topological polar surface area (TPSA) is 66.8 Å². The molecule has 2 aromatic carbocycles. The van der Waals surface area contributed by atoms with Gasteiger partial charge in [0.15, 0.2) is 5.60 Å². The van der Waals surface area contributed by atoms with Crippen LogP contribution in [0, 0.1) is 0 Å². The van der Waals surface area contributed by atoms with Crippen molar-refractivity contribution in [3.05, 3.63) is 64.1 Å². The predicted molar refractivity (Wildman–Crippen MR) is 92.3 cm³/mol. The number of fused-ring (bicyclic) bond motifs is 1. The minimum Gasteiger partial charge on any atom is -0.469 e. The number of hydrogen-bond acceptors (Lipinski definition) is 4. The zero-order valence-electron chi connectivity index (χ0n) is 13.0. The number of rotatable bonds is 4. The Morgan fingerprint density at radius 1 is 1.21 bits per heavy atom. The van der Waals surface area contributed by atoms with Gasteiger partial charge in [0.05, 0.1) is 25.8 Å². The number of halogens is 1. The zero-order valence-corrected chi connectivity index (χ0v) is 14.6. The van der Waals surface area contributed by atoms with Crippen molar-refractivity contribution < 1.29 is 19.4 Å². The minimum atomic E-state index is -1.92. The van der Waals surface area contributed by atoms with Gasteiger partial charge in [-0.05, 0) is 27.6 Å². The summed E-state index contributed by atoms with van der Waals surface area (Å²) in [6.45, 7) is 0.304. The third kappa shape index (κ3) is 2.72. The Bertz CT molecular complexity index is 793. The van der Waals surface area contributed by atoms with Crippen LogP contribution in [-0.2, 0) is 26.5 Å². The fourth-order valence-electron chi connectivity index (χ4n) is 2.93. The summed E-state index contributed by atoms with van der Waals surface area (Å²) in [5, 5.41) is 11.0. The second-order valence-corrected chi connectivity index (χ2v) is 6.48. The number of benzene rings is 2. The van der Waals surface area contributed by atoms with Gasteiger partial charge in [-0.25, -0.2) is 0 Å². The summed E-state index contributed by atoms with van der Waals surface area (Å²) >= 11 is 3.44. The molecule has 24 heavy (non-hydrogen) atoms. The second kappa shape index (κ2) is 6.37. The lowest BCUT2D eigenvalue weighted by Crippen LogP contribution is -2.41. The van der Waals surface area contributed by atoms with Gasteiger partial charge in [-0.1, -0.05) is 42.5 Å². The Labute approximate surface area is 148 Å². The van der Waals surface area contributed by atoms with Crippen LogP contribution in [0.15, 0.2) is 53.0 Å². The summed E-state index contributed by atoms with van der Waals surface area (Å²) in [4.78, 5) is 26.2. The van der Waals surface area contributed by atoms with Gasteiger partial charge in [-0.3, -0.25) is 9.59 Å². The summed E-state index contributed by atoms with van der Waals surface area (Å²) in [6, 6.07) is 14.7. The van der Waals surface area contributed by atoms with Gasteiger partial charge in [0.1, 0.15) is 0 Å². The number of amides is 1. The van der Waals surface area contributed by atoms with E-state index in [0.29, 0.717) is 22.3 Å².